The highest BCUT2D eigenvalue weighted by Gasteiger charge is 2.40. The summed E-state index contributed by atoms with van der Waals surface area (Å²) in [6.45, 7) is 3.17. The van der Waals surface area contributed by atoms with Gasteiger partial charge in [0.25, 0.3) is 5.91 Å². The average molecular weight is 297 g/mol. The maximum atomic E-state index is 12.5. The van der Waals surface area contributed by atoms with Crippen molar-refractivity contribution in [3.8, 4) is 0 Å². The van der Waals surface area contributed by atoms with Crippen molar-refractivity contribution in [2.45, 2.75) is 50.2 Å². The molecule has 5 nitrogen and oxygen atoms in total. The monoisotopic (exact) mass is 297 g/mol. The second-order valence-electron chi connectivity index (χ2n) is 6.98. The Hall–Kier alpha value is -0.650. The fourth-order valence-electron chi connectivity index (χ4n) is 3.49. The van der Waals surface area contributed by atoms with Crippen LogP contribution in [0, 0.1) is 0 Å². The van der Waals surface area contributed by atoms with Crippen LogP contribution in [0.15, 0.2) is 0 Å². The van der Waals surface area contributed by atoms with E-state index in [-0.39, 0.29) is 5.91 Å². The molecular weight excluding hydrogens is 266 g/mol. The van der Waals surface area contributed by atoms with Crippen molar-refractivity contribution in [3.05, 3.63) is 0 Å². The first kappa shape index (κ1) is 16.7. The van der Waals surface area contributed by atoms with Crippen LogP contribution in [0.5, 0.6) is 0 Å². The third-order valence-electron chi connectivity index (χ3n) is 5.30. The van der Waals surface area contributed by atoms with Crippen LogP contribution in [0.1, 0.15) is 38.5 Å². The van der Waals surface area contributed by atoms with Crippen molar-refractivity contribution in [1.82, 2.24) is 14.7 Å². The molecule has 1 aliphatic carbocycles. The third-order valence-corrected chi connectivity index (χ3v) is 5.30. The van der Waals surface area contributed by atoms with E-state index in [9.17, 15) is 9.90 Å². The lowest BCUT2D eigenvalue weighted by Crippen LogP contribution is -2.54. The summed E-state index contributed by atoms with van der Waals surface area (Å²) in [6.07, 6.45) is 6.32. The van der Waals surface area contributed by atoms with E-state index in [1.807, 2.05) is 14.1 Å². The second kappa shape index (κ2) is 7.07. The average Bonchev–Trinajstić information content (AvgIpc) is 3.01. The third kappa shape index (κ3) is 4.18. The summed E-state index contributed by atoms with van der Waals surface area (Å²) >= 11 is 0. The van der Waals surface area contributed by atoms with Crippen LogP contribution >= 0.6 is 0 Å². The molecular formula is C16H31N3O2. The number of nitrogens with zero attached hydrogens (tertiary/aromatic N) is 3. The van der Waals surface area contributed by atoms with E-state index in [2.05, 4.69) is 16.8 Å². The molecule has 1 amide bonds. The van der Waals surface area contributed by atoms with Gasteiger partial charge in [0.2, 0.25) is 0 Å². The number of hydrogen-bond donors (Lipinski definition) is 1. The van der Waals surface area contributed by atoms with Crippen molar-refractivity contribution < 1.29 is 9.90 Å². The minimum atomic E-state index is -1.15. The van der Waals surface area contributed by atoms with Gasteiger partial charge in [0.05, 0.1) is 0 Å². The molecule has 1 N–H and O–H groups in total. The number of amides is 1. The molecule has 1 aliphatic heterocycles. The first-order valence-corrected chi connectivity index (χ1v) is 8.29. The van der Waals surface area contributed by atoms with E-state index in [1.54, 1.807) is 4.90 Å². The van der Waals surface area contributed by atoms with Crippen LogP contribution < -0.4 is 0 Å². The molecule has 1 saturated carbocycles. The van der Waals surface area contributed by atoms with Crippen LogP contribution in [0.3, 0.4) is 0 Å². The van der Waals surface area contributed by atoms with Gasteiger partial charge in [-0.1, -0.05) is 12.8 Å². The summed E-state index contributed by atoms with van der Waals surface area (Å²) in [5.41, 5.74) is -1.15. The maximum absolute atomic E-state index is 12.5. The quantitative estimate of drug-likeness (QED) is 0.814. The molecule has 2 rings (SSSR count). The highest BCUT2D eigenvalue weighted by molar-refractivity contribution is 5.84. The fraction of sp³-hybridized carbons (Fsp3) is 0.938. The van der Waals surface area contributed by atoms with E-state index in [1.165, 1.54) is 25.7 Å². The highest BCUT2D eigenvalue weighted by Crippen LogP contribution is 2.24. The van der Waals surface area contributed by atoms with Gasteiger partial charge in [0.15, 0.2) is 0 Å². The lowest BCUT2D eigenvalue weighted by atomic mass is 9.90. The van der Waals surface area contributed by atoms with E-state index >= 15 is 0 Å². The molecule has 0 radical (unpaired) electrons. The molecule has 0 aromatic carbocycles. The lowest BCUT2D eigenvalue weighted by Gasteiger charge is -2.38. The first-order chi connectivity index (χ1) is 9.92. The summed E-state index contributed by atoms with van der Waals surface area (Å²) in [6, 6.07) is 0.680. The number of likely N-dealkylation sites (tertiary alicyclic amines) is 1. The Labute approximate surface area is 128 Å². The molecule has 0 aromatic heterocycles. The Morgan fingerprint density at radius 1 is 1.19 bits per heavy atom. The summed E-state index contributed by atoms with van der Waals surface area (Å²) in [7, 11) is 6.00. The minimum Gasteiger partial charge on any atom is -0.380 e. The zero-order valence-corrected chi connectivity index (χ0v) is 13.8. The van der Waals surface area contributed by atoms with Crippen molar-refractivity contribution in [2.75, 3.05) is 47.3 Å². The van der Waals surface area contributed by atoms with Crippen LogP contribution in [-0.4, -0.2) is 84.7 Å². The standard InChI is InChI=1S/C16H31N3O2/c1-17-10-8-16(21,9-11-17)15(20)19(3)13-12-18(2)14-6-4-5-7-14/h14,21H,4-13H2,1-3H3. The molecule has 0 spiro atoms. The van der Waals surface area contributed by atoms with E-state index < -0.39 is 5.60 Å². The van der Waals surface area contributed by atoms with Gasteiger partial charge in [-0.15, -0.1) is 0 Å². The van der Waals surface area contributed by atoms with Crippen molar-refractivity contribution in [3.63, 3.8) is 0 Å². The topological polar surface area (TPSA) is 47.0 Å². The SMILES string of the molecule is CN1CCC(O)(C(=O)N(C)CCN(C)C2CCCC2)CC1. The molecule has 21 heavy (non-hydrogen) atoms. The molecule has 0 atom stereocenters. The molecule has 122 valence electrons. The number of aliphatic hydroxyl groups is 1. The van der Waals surface area contributed by atoms with Gasteiger partial charge in [-0.3, -0.25) is 4.79 Å². The summed E-state index contributed by atoms with van der Waals surface area (Å²) in [5.74, 6) is -0.101. The Balaban J connectivity index is 1.79. The summed E-state index contributed by atoms with van der Waals surface area (Å²) in [5, 5.41) is 10.6. The number of rotatable bonds is 5. The lowest BCUT2D eigenvalue weighted by molar-refractivity contribution is -0.154. The van der Waals surface area contributed by atoms with Crippen molar-refractivity contribution >= 4 is 5.91 Å². The number of likely N-dealkylation sites (N-methyl/N-ethyl adjacent to an activating group) is 2. The van der Waals surface area contributed by atoms with E-state index in [4.69, 9.17) is 0 Å². The summed E-state index contributed by atoms with van der Waals surface area (Å²) in [4.78, 5) is 18.8. The molecule has 0 aromatic rings. The zero-order chi connectivity index (χ0) is 15.5. The van der Waals surface area contributed by atoms with Crippen LogP contribution in [0.2, 0.25) is 0 Å². The molecule has 0 bridgehead atoms. The first-order valence-electron chi connectivity index (χ1n) is 8.29. The largest absolute Gasteiger partial charge is 0.380 e. The van der Waals surface area contributed by atoms with Crippen LogP contribution in [0.4, 0.5) is 0 Å². The normalized spacial score (nSPS) is 23.7. The second-order valence-corrected chi connectivity index (χ2v) is 6.98. The van der Waals surface area contributed by atoms with E-state index in [0.29, 0.717) is 25.4 Å². The van der Waals surface area contributed by atoms with Gasteiger partial charge >= 0.3 is 0 Å². The van der Waals surface area contributed by atoms with Gasteiger partial charge in [-0.25, -0.2) is 0 Å². The number of piperidine rings is 1. The molecule has 0 unspecified atom stereocenters. The number of carbonyl (C=O) groups excluding carboxylic acids is 1. The minimum absolute atomic E-state index is 0.101. The van der Waals surface area contributed by atoms with Crippen LogP contribution in [0.25, 0.3) is 0 Å². The van der Waals surface area contributed by atoms with Gasteiger partial charge in [-0.2, -0.15) is 0 Å². The fourth-order valence-corrected chi connectivity index (χ4v) is 3.49. The molecule has 1 saturated heterocycles. The van der Waals surface area contributed by atoms with Gasteiger partial charge in [0.1, 0.15) is 5.60 Å². The Kier molecular flexibility index (Phi) is 5.63. The highest BCUT2D eigenvalue weighted by atomic mass is 16.3. The van der Waals surface area contributed by atoms with Crippen LogP contribution in [-0.2, 0) is 4.79 Å². The molecule has 5 heteroatoms. The molecule has 2 fully saturated rings. The van der Waals surface area contributed by atoms with Crippen molar-refractivity contribution in [2.24, 2.45) is 0 Å². The van der Waals surface area contributed by atoms with Gasteiger partial charge < -0.3 is 19.8 Å². The van der Waals surface area contributed by atoms with E-state index in [0.717, 1.165) is 19.6 Å². The zero-order valence-electron chi connectivity index (χ0n) is 13.8. The number of carbonyl (C=O) groups is 1. The Morgan fingerprint density at radius 2 is 1.76 bits per heavy atom. The maximum Gasteiger partial charge on any atom is 0.254 e. The van der Waals surface area contributed by atoms with Gasteiger partial charge in [0, 0.05) is 39.3 Å². The van der Waals surface area contributed by atoms with Gasteiger partial charge in [-0.05, 0) is 39.8 Å². The summed E-state index contributed by atoms with van der Waals surface area (Å²) < 4.78 is 0. The predicted octanol–water partition coefficient (Wildman–Crippen LogP) is 0.776. The number of hydrogen-bond acceptors (Lipinski definition) is 4. The Bertz CT molecular complexity index is 347. The molecule has 1 heterocycles. The van der Waals surface area contributed by atoms with Crippen molar-refractivity contribution in [1.29, 1.82) is 0 Å². The molecule has 2 aliphatic rings. The Morgan fingerprint density at radius 3 is 2.33 bits per heavy atom. The predicted molar refractivity (Wildman–Crippen MR) is 84.2 cm³/mol. The smallest absolute Gasteiger partial charge is 0.254 e.